The van der Waals surface area contributed by atoms with Crippen LogP contribution in [0.1, 0.15) is 18.9 Å². The van der Waals surface area contributed by atoms with Gasteiger partial charge in [0.1, 0.15) is 0 Å². The molecule has 1 fully saturated rings. The number of hydrogen-bond donors (Lipinski definition) is 1. The molecular formula is C12H19N3. The van der Waals surface area contributed by atoms with Crippen LogP contribution < -0.4 is 10.2 Å². The number of nitrogens with one attached hydrogen (secondary N) is 1. The zero-order valence-corrected chi connectivity index (χ0v) is 9.70. The van der Waals surface area contributed by atoms with Crippen molar-refractivity contribution in [3.63, 3.8) is 0 Å². The molecule has 15 heavy (non-hydrogen) atoms. The van der Waals surface area contributed by atoms with Crippen LogP contribution in [0.3, 0.4) is 0 Å². The van der Waals surface area contributed by atoms with Gasteiger partial charge < -0.3 is 10.2 Å². The zero-order valence-electron chi connectivity index (χ0n) is 9.70. The SMILES string of the molecule is CC1CC1NCc1cnccc1N(C)C. The van der Waals surface area contributed by atoms with Crippen molar-refractivity contribution in [1.29, 1.82) is 0 Å². The Morgan fingerprint density at radius 3 is 2.87 bits per heavy atom. The molecule has 0 bridgehead atoms. The topological polar surface area (TPSA) is 28.2 Å². The van der Waals surface area contributed by atoms with E-state index in [0.29, 0.717) is 0 Å². The van der Waals surface area contributed by atoms with Crippen LogP contribution in [0.4, 0.5) is 5.69 Å². The molecule has 0 radical (unpaired) electrons. The molecular weight excluding hydrogens is 186 g/mol. The summed E-state index contributed by atoms with van der Waals surface area (Å²) in [5.41, 5.74) is 2.53. The van der Waals surface area contributed by atoms with E-state index in [1.807, 2.05) is 12.4 Å². The molecule has 82 valence electrons. The molecule has 0 saturated heterocycles. The lowest BCUT2D eigenvalue weighted by Gasteiger charge is -2.17. The molecule has 2 unspecified atom stereocenters. The maximum atomic E-state index is 4.18. The van der Waals surface area contributed by atoms with Gasteiger partial charge in [-0.1, -0.05) is 6.92 Å². The first-order valence-corrected chi connectivity index (χ1v) is 5.52. The highest BCUT2D eigenvalue weighted by Crippen LogP contribution is 2.29. The molecule has 3 heteroatoms. The van der Waals surface area contributed by atoms with Crippen LogP contribution in [0.2, 0.25) is 0 Å². The summed E-state index contributed by atoms with van der Waals surface area (Å²) in [7, 11) is 4.14. The third-order valence-corrected chi connectivity index (χ3v) is 3.02. The van der Waals surface area contributed by atoms with Crippen molar-refractivity contribution >= 4 is 5.69 Å². The smallest absolute Gasteiger partial charge is 0.0437 e. The van der Waals surface area contributed by atoms with Crippen LogP contribution in [0.25, 0.3) is 0 Å². The zero-order chi connectivity index (χ0) is 10.8. The fourth-order valence-corrected chi connectivity index (χ4v) is 1.84. The van der Waals surface area contributed by atoms with Gasteiger partial charge in [0.15, 0.2) is 0 Å². The van der Waals surface area contributed by atoms with Crippen LogP contribution in [0.15, 0.2) is 18.5 Å². The van der Waals surface area contributed by atoms with Gasteiger partial charge in [-0.3, -0.25) is 4.98 Å². The van der Waals surface area contributed by atoms with E-state index in [1.165, 1.54) is 17.7 Å². The summed E-state index contributed by atoms with van der Waals surface area (Å²) in [5.74, 6) is 0.851. The summed E-state index contributed by atoms with van der Waals surface area (Å²) >= 11 is 0. The van der Waals surface area contributed by atoms with Crippen molar-refractivity contribution in [2.75, 3.05) is 19.0 Å². The van der Waals surface area contributed by atoms with E-state index in [0.717, 1.165) is 18.5 Å². The van der Waals surface area contributed by atoms with Gasteiger partial charge >= 0.3 is 0 Å². The number of rotatable bonds is 4. The van der Waals surface area contributed by atoms with Crippen molar-refractivity contribution in [3.8, 4) is 0 Å². The molecule has 1 heterocycles. The second kappa shape index (κ2) is 4.19. The number of hydrogen-bond acceptors (Lipinski definition) is 3. The number of aromatic nitrogens is 1. The van der Waals surface area contributed by atoms with Crippen molar-refractivity contribution in [2.45, 2.75) is 25.9 Å². The van der Waals surface area contributed by atoms with Gasteiger partial charge in [-0.25, -0.2) is 0 Å². The fraction of sp³-hybridized carbons (Fsp3) is 0.583. The quantitative estimate of drug-likeness (QED) is 0.810. The molecule has 0 spiro atoms. The van der Waals surface area contributed by atoms with Gasteiger partial charge in [0.2, 0.25) is 0 Å². The summed E-state index contributed by atoms with van der Waals surface area (Å²) in [6, 6.07) is 2.79. The van der Waals surface area contributed by atoms with E-state index >= 15 is 0 Å². The Bertz CT molecular complexity index is 335. The van der Waals surface area contributed by atoms with Crippen LogP contribution >= 0.6 is 0 Å². The molecule has 0 amide bonds. The largest absolute Gasteiger partial charge is 0.377 e. The highest BCUT2D eigenvalue weighted by molar-refractivity contribution is 5.50. The van der Waals surface area contributed by atoms with Gasteiger partial charge in [0, 0.05) is 50.3 Å². The lowest BCUT2D eigenvalue weighted by Crippen LogP contribution is -2.20. The van der Waals surface area contributed by atoms with Crippen molar-refractivity contribution in [1.82, 2.24) is 10.3 Å². The van der Waals surface area contributed by atoms with Gasteiger partial charge in [-0.2, -0.15) is 0 Å². The minimum absolute atomic E-state index is 0.722. The first-order chi connectivity index (χ1) is 7.18. The first kappa shape index (κ1) is 10.4. The van der Waals surface area contributed by atoms with E-state index in [2.05, 4.69) is 42.3 Å². The Morgan fingerprint density at radius 2 is 2.27 bits per heavy atom. The standard InChI is InChI=1S/C12H19N3/c1-9-6-11(9)14-8-10-7-13-5-4-12(10)15(2)3/h4-5,7,9,11,14H,6,8H2,1-3H3. The second-order valence-corrected chi connectivity index (χ2v) is 4.60. The molecule has 2 atom stereocenters. The molecule has 1 N–H and O–H groups in total. The summed E-state index contributed by atoms with van der Waals surface area (Å²) in [4.78, 5) is 6.31. The molecule has 1 aromatic heterocycles. The number of nitrogens with zero attached hydrogens (tertiary/aromatic N) is 2. The average molecular weight is 205 g/mol. The van der Waals surface area contributed by atoms with E-state index in [9.17, 15) is 0 Å². The number of pyridine rings is 1. The van der Waals surface area contributed by atoms with Crippen LogP contribution in [-0.4, -0.2) is 25.1 Å². The Labute approximate surface area is 91.5 Å². The minimum atomic E-state index is 0.722. The maximum Gasteiger partial charge on any atom is 0.0437 e. The minimum Gasteiger partial charge on any atom is -0.377 e. The second-order valence-electron chi connectivity index (χ2n) is 4.60. The molecule has 1 aliphatic rings. The summed E-state index contributed by atoms with van der Waals surface area (Å²) in [5, 5.41) is 3.55. The number of anilines is 1. The molecule has 2 rings (SSSR count). The third-order valence-electron chi connectivity index (χ3n) is 3.02. The molecule has 1 aliphatic carbocycles. The van der Waals surface area contributed by atoms with E-state index in [-0.39, 0.29) is 0 Å². The Kier molecular flexibility index (Phi) is 2.91. The first-order valence-electron chi connectivity index (χ1n) is 5.52. The van der Waals surface area contributed by atoms with Crippen molar-refractivity contribution in [2.24, 2.45) is 5.92 Å². The van der Waals surface area contributed by atoms with Gasteiger partial charge in [0.05, 0.1) is 0 Å². The predicted octanol–water partition coefficient (Wildman–Crippen LogP) is 1.65. The lowest BCUT2D eigenvalue weighted by atomic mass is 10.2. The van der Waals surface area contributed by atoms with Gasteiger partial charge in [0.25, 0.3) is 0 Å². The molecule has 1 saturated carbocycles. The summed E-state index contributed by atoms with van der Waals surface area (Å²) < 4.78 is 0. The highest BCUT2D eigenvalue weighted by Gasteiger charge is 2.31. The van der Waals surface area contributed by atoms with Crippen molar-refractivity contribution in [3.05, 3.63) is 24.0 Å². The predicted molar refractivity (Wildman–Crippen MR) is 63.0 cm³/mol. The van der Waals surface area contributed by atoms with Crippen LogP contribution in [0, 0.1) is 5.92 Å². The monoisotopic (exact) mass is 205 g/mol. The van der Waals surface area contributed by atoms with Crippen LogP contribution in [-0.2, 0) is 6.54 Å². The lowest BCUT2D eigenvalue weighted by molar-refractivity contribution is 0.651. The van der Waals surface area contributed by atoms with E-state index in [1.54, 1.807) is 0 Å². The molecule has 0 aromatic carbocycles. The molecule has 0 aliphatic heterocycles. The average Bonchev–Trinajstić information content (AvgIpc) is 2.92. The summed E-state index contributed by atoms with van der Waals surface area (Å²) in [6.45, 7) is 3.21. The van der Waals surface area contributed by atoms with Crippen LogP contribution in [0.5, 0.6) is 0 Å². The van der Waals surface area contributed by atoms with E-state index in [4.69, 9.17) is 0 Å². The van der Waals surface area contributed by atoms with Gasteiger partial charge in [-0.15, -0.1) is 0 Å². The van der Waals surface area contributed by atoms with E-state index < -0.39 is 0 Å². The summed E-state index contributed by atoms with van der Waals surface area (Å²) in [6.07, 6.45) is 5.12. The Morgan fingerprint density at radius 1 is 1.53 bits per heavy atom. The van der Waals surface area contributed by atoms with Gasteiger partial charge in [-0.05, 0) is 18.4 Å². The highest BCUT2D eigenvalue weighted by atomic mass is 15.1. The third kappa shape index (κ3) is 2.48. The molecule has 1 aromatic rings. The Hall–Kier alpha value is -1.09. The maximum absolute atomic E-state index is 4.18. The van der Waals surface area contributed by atoms with Crippen molar-refractivity contribution < 1.29 is 0 Å². The normalized spacial score (nSPS) is 23.9. The Balaban J connectivity index is 2.00. The molecule has 3 nitrogen and oxygen atoms in total. The fourth-order valence-electron chi connectivity index (χ4n) is 1.84.